The molecule has 0 fully saturated rings. The van der Waals surface area contributed by atoms with E-state index in [2.05, 4.69) is 15.4 Å². The highest BCUT2D eigenvalue weighted by atomic mass is 16.6. The smallest absolute Gasteiger partial charge is 0.407 e. The van der Waals surface area contributed by atoms with Crippen molar-refractivity contribution >= 4 is 17.7 Å². The molecular weight excluding hydrogens is 304 g/mol. The van der Waals surface area contributed by atoms with Crippen LogP contribution in [0, 0.1) is 0 Å². The predicted molar refractivity (Wildman–Crippen MR) is 79.7 cm³/mol. The van der Waals surface area contributed by atoms with Gasteiger partial charge in [-0.15, -0.1) is 0 Å². The van der Waals surface area contributed by atoms with Crippen molar-refractivity contribution < 1.29 is 24.2 Å². The van der Waals surface area contributed by atoms with E-state index in [1.807, 2.05) is 0 Å². The first kappa shape index (κ1) is 16.5. The average Bonchev–Trinajstić information content (AvgIpc) is 2.85. The first-order valence-corrected chi connectivity index (χ1v) is 6.93. The zero-order valence-electron chi connectivity index (χ0n) is 13.1. The molecule has 23 heavy (non-hydrogen) atoms. The molecule has 0 atom stereocenters. The van der Waals surface area contributed by atoms with Crippen molar-refractivity contribution in [1.82, 2.24) is 19.9 Å². The number of amides is 1. The van der Waals surface area contributed by atoms with Crippen LogP contribution in [0.15, 0.2) is 18.5 Å². The zero-order chi connectivity index (χ0) is 17.0. The van der Waals surface area contributed by atoms with Crippen LogP contribution in [0.4, 0.5) is 4.79 Å². The van der Waals surface area contributed by atoms with Gasteiger partial charge in [0.05, 0.1) is 12.7 Å². The summed E-state index contributed by atoms with van der Waals surface area (Å²) in [4.78, 5) is 26.6. The summed E-state index contributed by atoms with van der Waals surface area (Å²) in [6, 6.07) is 1.55. The Labute approximate surface area is 132 Å². The maximum absolute atomic E-state index is 11.4. The predicted octanol–water partition coefficient (Wildman–Crippen LogP) is 1.33. The van der Waals surface area contributed by atoms with Crippen molar-refractivity contribution in [2.75, 3.05) is 13.2 Å². The highest BCUT2D eigenvalue weighted by Gasteiger charge is 2.16. The fourth-order valence-electron chi connectivity index (χ4n) is 1.71. The van der Waals surface area contributed by atoms with Gasteiger partial charge in [0.1, 0.15) is 17.8 Å². The van der Waals surface area contributed by atoms with Gasteiger partial charge in [-0.25, -0.2) is 14.1 Å². The van der Waals surface area contributed by atoms with Crippen LogP contribution in [0.25, 0.3) is 5.65 Å². The van der Waals surface area contributed by atoms with Crippen LogP contribution < -0.4 is 10.1 Å². The molecule has 0 spiro atoms. The molecule has 0 bridgehead atoms. The molecule has 124 valence electrons. The second-order valence-electron chi connectivity index (χ2n) is 5.67. The number of carboxylic acids is 1. The molecule has 0 saturated carbocycles. The summed E-state index contributed by atoms with van der Waals surface area (Å²) in [5.41, 5.74) is -0.385. The fraction of sp³-hybridized carbons (Fsp3) is 0.429. The molecule has 2 N–H and O–H groups in total. The summed E-state index contributed by atoms with van der Waals surface area (Å²) in [6.45, 7) is 5.71. The Morgan fingerprint density at radius 1 is 1.39 bits per heavy atom. The highest BCUT2D eigenvalue weighted by molar-refractivity contribution is 5.94. The van der Waals surface area contributed by atoms with Gasteiger partial charge >= 0.3 is 12.1 Å². The van der Waals surface area contributed by atoms with Gasteiger partial charge in [0, 0.05) is 12.3 Å². The molecule has 0 aliphatic heterocycles. The second-order valence-corrected chi connectivity index (χ2v) is 5.67. The summed E-state index contributed by atoms with van der Waals surface area (Å²) >= 11 is 0. The lowest BCUT2D eigenvalue weighted by Crippen LogP contribution is -2.34. The SMILES string of the molecule is CC(C)(C)OC(=O)NCCOc1ccn2ncc(C(=O)O)c2n1. The standard InChI is InChI=1S/C14H18N4O5/c1-14(2,3)23-13(21)15-5-7-22-10-4-6-18-11(17-10)9(8-16-18)12(19)20/h4,6,8H,5,7H2,1-3H3,(H,15,21)(H,19,20). The first-order chi connectivity index (χ1) is 10.8. The number of carboxylic acid groups (broad SMARTS) is 1. The Bertz CT molecular complexity index is 720. The van der Waals surface area contributed by atoms with Crippen LogP contribution >= 0.6 is 0 Å². The largest absolute Gasteiger partial charge is 0.477 e. The number of nitrogens with one attached hydrogen (secondary N) is 1. The van der Waals surface area contributed by atoms with Gasteiger partial charge in [-0.1, -0.05) is 0 Å². The number of alkyl carbamates (subject to hydrolysis) is 1. The lowest BCUT2D eigenvalue weighted by molar-refractivity contribution is 0.0519. The normalized spacial score (nSPS) is 11.3. The number of hydrogen-bond acceptors (Lipinski definition) is 6. The number of ether oxygens (including phenoxy) is 2. The molecule has 2 aromatic heterocycles. The van der Waals surface area contributed by atoms with E-state index in [-0.39, 0.29) is 30.2 Å². The van der Waals surface area contributed by atoms with Crippen LogP contribution in [0.1, 0.15) is 31.1 Å². The van der Waals surface area contributed by atoms with Crippen molar-refractivity contribution in [3.8, 4) is 5.88 Å². The Hall–Kier alpha value is -2.84. The molecule has 0 aliphatic carbocycles. The number of fused-ring (bicyclic) bond motifs is 1. The van der Waals surface area contributed by atoms with E-state index in [0.29, 0.717) is 0 Å². The Morgan fingerprint density at radius 3 is 2.78 bits per heavy atom. The van der Waals surface area contributed by atoms with Crippen molar-refractivity contribution in [2.24, 2.45) is 0 Å². The van der Waals surface area contributed by atoms with Gasteiger partial charge in [0.25, 0.3) is 0 Å². The van der Waals surface area contributed by atoms with E-state index in [1.54, 1.807) is 33.0 Å². The van der Waals surface area contributed by atoms with Crippen LogP contribution in [0.3, 0.4) is 0 Å². The topological polar surface area (TPSA) is 115 Å². The quantitative estimate of drug-likeness (QED) is 0.798. The van der Waals surface area contributed by atoms with Gasteiger partial charge in [-0.2, -0.15) is 10.1 Å². The van der Waals surface area contributed by atoms with E-state index in [0.717, 1.165) is 0 Å². The van der Waals surface area contributed by atoms with E-state index >= 15 is 0 Å². The number of nitrogens with zero attached hydrogens (tertiary/aromatic N) is 3. The molecular formula is C14H18N4O5. The van der Waals surface area contributed by atoms with Crippen LogP contribution in [0.2, 0.25) is 0 Å². The maximum atomic E-state index is 11.4. The summed E-state index contributed by atoms with van der Waals surface area (Å²) < 4.78 is 11.8. The van der Waals surface area contributed by atoms with Crippen molar-refractivity contribution in [2.45, 2.75) is 26.4 Å². The number of aromatic carboxylic acids is 1. The minimum atomic E-state index is -1.11. The molecule has 1 amide bonds. The monoisotopic (exact) mass is 322 g/mol. The summed E-state index contributed by atoms with van der Waals surface area (Å²) in [6.07, 6.45) is 2.23. The summed E-state index contributed by atoms with van der Waals surface area (Å²) in [5.74, 6) is -0.872. The first-order valence-electron chi connectivity index (χ1n) is 6.93. The Morgan fingerprint density at radius 2 is 2.13 bits per heavy atom. The second kappa shape index (κ2) is 6.51. The number of rotatable bonds is 5. The van der Waals surface area contributed by atoms with Crippen LogP contribution in [0.5, 0.6) is 5.88 Å². The third-order valence-corrected chi connectivity index (χ3v) is 2.59. The van der Waals surface area contributed by atoms with E-state index < -0.39 is 17.7 Å². The van der Waals surface area contributed by atoms with Gasteiger partial charge in [0.15, 0.2) is 5.65 Å². The minimum absolute atomic E-state index is 0.0117. The molecule has 2 heterocycles. The van der Waals surface area contributed by atoms with Gasteiger partial charge in [-0.3, -0.25) is 0 Å². The van der Waals surface area contributed by atoms with Gasteiger partial charge < -0.3 is 19.9 Å². The number of carbonyl (C=O) groups excluding carboxylic acids is 1. The number of aromatic nitrogens is 3. The van der Waals surface area contributed by atoms with Crippen molar-refractivity contribution in [1.29, 1.82) is 0 Å². The third-order valence-electron chi connectivity index (χ3n) is 2.59. The lowest BCUT2D eigenvalue weighted by Gasteiger charge is -2.19. The molecule has 2 aromatic rings. The third kappa shape index (κ3) is 4.56. The van der Waals surface area contributed by atoms with Crippen LogP contribution in [-0.4, -0.2) is 50.5 Å². The Balaban J connectivity index is 1.89. The molecule has 9 nitrogen and oxygen atoms in total. The molecule has 0 aliphatic rings. The van der Waals surface area contributed by atoms with E-state index in [9.17, 15) is 9.59 Å². The maximum Gasteiger partial charge on any atom is 0.407 e. The van der Waals surface area contributed by atoms with Gasteiger partial charge in [0.2, 0.25) is 5.88 Å². The zero-order valence-corrected chi connectivity index (χ0v) is 13.1. The molecule has 0 saturated heterocycles. The molecule has 0 radical (unpaired) electrons. The van der Waals surface area contributed by atoms with Crippen LogP contribution in [-0.2, 0) is 4.74 Å². The summed E-state index contributed by atoms with van der Waals surface area (Å²) in [5, 5.41) is 15.5. The molecule has 0 unspecified atom stereocenters. The molecule has 2 rings (SSSR count). The number of hydrogen-bond donors (Lipinski definition) is 2. The van der Waals surface area contributed by atoms with E-state index in [4.69, 9.17) is 14.6 Å². The Kier molecular flexibility index (Phi) is 4.68. The van der Waals surface area contributed by atoms with Crippen molar-refractivity contribution in [3.63, 3.8) is 0 Å². The minimum Gasteiger partial charge on any atom is -0.477 e. The van der Waals surface area contributed by atoms with Crippen molar-refractivity contribution in [3.05, 3.63) is 24.0 Å². The fourth-order valence-corrected chi connectivity index (χ4v) is 1.71. The molecule has 9 heteroatoms. The number of carbonyl (C=O) groups is 2. The van der Waals surface area contributed by atoms with E-state index in [1.165, 1.54) is 10.7 Å². The van der Waals surface area contributed by atoms with Gasteiger partial charge in [-0.05, 0) is 20.8 Å². The summed E-state index contributed by atoms with van der Waals surface area (Å²) in [7, 11) is 0. The highest BCUT2D eigenvalue weighted by Crippen LogP contribution is 2.13. The average molecular weight is 322 g/mol. The molecule has 0 aromatic carbocycles. The lowest BCUT2D eigenvalue weighted by atomic mass is 10.2.